The number of nitrogens with zero attached hydrogens (tertiary/aromatic N) is 2. The van der Waals surface area contributed by atoms with Gasteiger partial charge in [-0.1, -0.05) is 44.9 Å². The topological polar surface area (TPSA) is 47.0 Å². The highest BCUT2D eigenvalue weighted by Gasteiger charge is 2.09. The molecule has 1 rings (SSSR count). The standard InChI is InChI=1S/C15H27N3OS/c1-5-8-9-12(6-2)11-19-14-10-13(16-7-3)17-15(18-14)20-4/h10,12H,5-9,11H2,1-4H3,(H,16,17,18). The fraction of sp³-hybridized carbons (Fsp3) is 0.733. The first kappa shape index (κ1) is 17.1. The van der Waals surface area contributed by atoms with Crippen molar-refractivity contribution in [2.75, 3.05) is 24.7 Å². The average molecular weight is 297 g/mol. The maximum absolute atomic E-state index is 5.88. The molecule has 0 saturated heterocycles. The highest BCUT2D eigenvalue weighted by molar-refractivity contribution is 7.98. The molecule has 1 atom stereocenters. The fourth-order valence-electron chi connectivity index (χ4n) is 1.94. The third-order valence-electron chi connectivity index (χ3n) is 3.23. The first-order valence-corrected chi connectivity index (χ1v) is 8.75. The summed E-state index contributed by atoms with van der Waals surface area (Å²) in [7, 11) is 0. The second-order valence-corrected chi connectivity index (χ2v) is 5.61. The van der Waals surface area contributed by atoms with Crippen molar-refractivity contribution in [3.05, 3.63) is 6.07 Å². The lowest BCUT2D eigenvalue weighted by atomic mass is 10.0. The third kappa shape index (κ3) is 5.99. The quantitative estimate of drug-likeness (QED) is 0.517. The highest BCUT2D eigenvalue weighted by atomic mass is 32.2. The van der Waals surface area contributed by atoms with Crippen LogP contribution in [0.1, 0.15) is 46.5 Å². The van der Waals surface area contributed by atoms with Crippen molar-refractivity contribution in [3.8, 4) is 5.88 Å². The molecule has 5 heteroatoms. The van der Waals surface area contributed by atoms with Crippen LogP contribution in [-0.2, 0) is 0 Å². The summed E-state index contributed by atoms with van der Waals surface area (Å²) in [5.74, 6) is 2.13. The molecular weight excluding hydrogens is 270 g/mol. The van der Waals surface area contributed by atoms with E-state index in [1.54, 1.807) is 0 Å². The Morgan fingerprint density at radius 2 is 2.10 bits per heavy atom. The lowest BCUT2D eigenvalue weighted by Gasteiger charge is -2.15. The van der Waals surface area contributed by atoms with Crippen LogP contribution < -0.4 is 10.1 Å². The van der Waals surface area contributed by atoms with Crippen molar-refractivity contribution in [1.82, 2.24) is 9.97 Å². The summed E-state index contributed by atoms with van der Waals surface area (Å²) >= 11 is 1.53. The van der Waals surface area contributed by atoms with Gasteiger partial charge >= 0.3 is 0 Å². The monoisotopic (exact) mass is 297 g/mol. The molecule has 4 nitrogen and oxygen atoms in total. The molecule has 0 fully saturated rings. The van der Waals surface area contributed by atoms with Gasteiger partial charge in [0.2, 0.25) is 5.88 Å². The first-order valence-electron chi connectivity index (χ1n) is 7.53. The van der Waals surface area contributed by atoms with Gasteiger partial charge in [0.1, 0.15) is 5.82 Å². The van der Waals surface area contributed by atoms with Crippen LogP contribution in [0.3, 0.4) is 0 Å². The predicted octanol–water partition coefficient (Wildman–Crippen LogP) is 4.23. The normalized spacial score (nSPS) is 12.2. The number of hydrogen-bond acceptors (Lipinski definition) is 5. The number of aromatic nitrogens is 2. The fourth-order valence-corrected chi connectivity index (χ4v) is 2.31. The van der Waals surface area contributed by atoms with Gasteiger partial charge in [0.15, 0.2) is 5.16 Å². The number of rotatable bonds is 10. The largest absolute Gasteiger partial charge is 0.477 e. The van der Waals surface area contributed by atoms with Gasteiger partial charge in [0.25, 0.3) is 0 Å². The minimum atomic E-state index is 0.616. The molecule has 0 aliphatic heterocycles. The van der Waals surface area contributed by atoms with Crippen molar-refractivity contribution in [2.45, 2.75) is 51.6 Å². The molecule has 0 saturated carbocycles. The van der Waals surface area contributed by atoms with Crippen LogP contribution >= 0.6 is 11.8 Å². The van der Waals surface area contributed by atoms with Crippen LogP contribution in [0.25, 0.3) is 0 Å². The van der Waals surface area contributed by atoms with E-state index in [-0.39, 0.29) is 0 Å². The van der Waals surface area contributed by atoms with Gasteiger partial charge < -0.3 is 10.1 Å². The van der Waals surface area contributed by atoms with Crippen molar-refractivity contribution in [2.24, 2.45) is 5.92 Å². The summed E-state index contributed by atoms with van der Waals surface area (Å²) in [5.41, 5.74) is 0. The molecule has 0 aliphatic carbocycles. The zero-order valence-corrected chi connectivity index (χ0v) is 13.9. The van der Waals surface area contributed by atoms with E-state index in [9.17, 15) is 0 Å². The molecule has 0 aromatic carbocycles. The van der Waals surface area contributed by atoms with Crippen LogP contribution in [0.5, 0.6) is 5.88 Å². The lowest BCUT2D eigenvalue weighted by molar-refractivity contribution is 0.224. The van der Waals surface area contributed by atoms with Crippen LogP contribution in [0, 0.1) is 5.92 Å². The van der Waals surface area contributed by atoms with Crippen molar-refractivity contribution >= 4 is 17.6 Å². The molecular formula is C15H27N3OS. The van der Waals surface area contributed by atoms with Gasteiger partial charge in [0.05, 0.1) is 6.61 Å². The molecule has 1 heterocycles. The number of hydrogen-bond donors (Lipinski definition) is 1. The summed E-state index contributed by atoms with van der Waals surface area (Å²) in [4.78, 5) is 8.81. The summed E-state index contributed by atoms with van der Waals surface area (Å²) in [5, 5.41) is 3.96. The predicted molar refractivity (Wildman–Crippen MR) is 86.8 cm³/mol. The Hall–Kier alpha value is -0.970. The Labute approximate surface area is 127 Å². The maximum atomic E-state index is 5.88. The zero-order chi connectivity index (χ0) is 14.8. The summed E-state index contributed by atoms with van der Waals surface area (Å²) in [6.07, 6.45) is 6.87. The van der Waals surface area contributed by atoms with Gasteiger partial charge in [-0.05, 0) is 25.5 Å². The third-order valence-corrected chi connectivity index (χ3v) is 3.78. The van der Waals surface area contributed by atoms with Crippen molar-refractivity contribution in [1.29, 1.82) is 0 Å². The van der Waals surface area contributed by atoms with E-state index in [1.807, 2.05) is 12.3 Å². The smallest absolute Gasteiger partial charge is 0.219 e. The van der Waals surface area contributed by atoms with Crippen molar-refractivity contribution < 1.29 is 4.74 Å². The molecule has 0 aliphatic rings. The van der Waals surface area contributed by atoms with Gasteiger partial charge in [-0.25, -0.2) is 4.98 Å². The van der Waals surface area contributed by atoms with Gasteiger partial charge in [-0.3, -0.25) is 0 Å². The number of thioether (sulfide) groups is 1. The Morgan fingerprint density at radius 3 is 2.70 bits per heavy atom. The molecule has 114 valence electrons. The van der Waals surface area contributed by atoms with Crippen LogP contribution in [-0.4, -0.2) is 29.4 Å². The number of nitrogens with one attached hydrogen (secondary N) is 1. The van der Waals surface area contributed by atoms with Crippen LogP contribution in [0.4, 0.5) is 5.82 Å². The SMILES string of the molecule is CCCCC(CC)COc1cc(NCC)nc(SC)n1. The molecule has 1 N–H and O–H groups in total. The van der Waals surface area contributed by atoms with E-state index >= 15 is 0 Å². The molecule has 0 radical (unpaired) electrons. The highest BCUT2D eigenvalue weighted by Crippen LogP contribution is 2.20. The van der Waals surface area contributed by atoms with E-state index in [0.717, 1.165) is 30.5 Å². The Bertz CT molecular complexity index is 387. The number of unbranched alkanes of at least 4 members (excludes halogenated alkanes) is 1. The minimum absolute atomic E-state index is 0.616. The summed E-state index contributed by atoms with van der Waals surface area (Å²) in [6, 6.07) is 1.88. The number of anilines is 1. The Balaban J connectivity index is 2.63. The molecule has 1 aromatic rings. The van der Waals surface area contributed by atoms with Gasteiger partial charge in [-0.15, -0.1) is 0 Å². The summed E-state index contributed by atoms with van der Waals surface area (Å²) < 4.78 is 5.88. The molecule has 0 bridgehead atoms. The molecule has 1 aromatic heterocycles. The average Bonchev–Trinajstić information content (AvgIpc) is 2.47. The van der Waals surface area contributed by atoms with Gasteiger partial charge in [0, 0.05) is 12.6 Å². The lowest BCUT2D eigenvalue weighted by Crippen LogP contribution is -2.12. The summed E-state index contributed by atoms with van der Waals surface area (Å²) in [6.45, 7) is 8.09. The minimum Gasteiger partial charge on any atom is -0.477 e. The van der Waals surface area contributed by atoms with Crippen LogP contribution in [0.2, 0.25) is 0 Å². The zero-order valence-electron chi connectivity index (χ0n) is 13.1. The maximum Gasteiger partial charge on any atom is 0.219 e. The van der Waals surface area contributed by atoms with Gasteiger partial charge in [-0.2, -0.15) is 4.98 Å². The number of ether oxygens (including phenoxy) is 1. The Kier molecular flexibility index (Phi) is 8.42. The molecule has 20 heavy (non-hydrogen) atoms. The van der Waals surface area contributed by atoms with E-state index < -0.39 is 0 Å². The van der Waals surface area contributed by atoms with E-state index in [0.29, 0.717) is 11.8 Å². The molecule has 1 unspecified atom stereocenters. The van der Waals surface area contributed by atoms with E-state index in [1.165, 1.54) is 31.0 Å². The Morgan fingerprint density at radius 1 is 1.30 bits per heavy atom. The first-order chi connectivity index (χ1) is 9.73. The van der Waals surface area contributed by atoms with Crippen molar-refractivity contribution in [3.63, 3.8) is 0 Å². The second-order valence-electron chi connectivity index (χ2n) is 4.84. The second kappa shape index (κ2) is 9.86. The molecule has 0 amide bonds. The van der Waals surface area contributed by atoms with E-state index in [4.69, 9.17) is 4.74 Å². The van der Waals surface area contributed by atoms with E-state index in [2.05, 4.69) is 36.1 Å². The molecule has 0 spiro atoms. The van der Waals surface area contributed by atoms with Crippen LogP contribution in [0.15, 0.2) is 11.2 Å².